The summed E-state index contributed by atoms with van der Waals surface area (Å²) in [4.78, 5) is 48.0. The molecule has 0 radical (unpaired) electrons. The van der Waals surface area contributed by atoms with E-state index in [9.17, 15) is 23.6 Å². The van der Waals surface area contributed by atoms with Gasteiger partial charge in [0.05, 0.1) is 0 Å². The number of amides is 1. The molecule has 3 heterocycles. The molecule has 11 nitrogen and oxygen atoms in total. The van der Waals surface area contributed by atoms with Crippen molar-refractivity contribution in [3.8, 4) is 28.3 Å². The fraction of sp³-hybridized carbons (Fsp3) is 0.0690. The van der Waals surface area contributed by atoms with Crippen LogP contribution in [0.2, 0.25) is 0 Å². The number of pyridine rings is 2. The normalized spacial score (nSPS) is 11.7. The van der Waals surface area contributed by atoms with Gasteiger partial charge >= 0.3 is 11.9 Å². The number of carbonyl (C=O) groups is 3. The molecular formula is C29H22F2N4O7. The van der Waals surface area contributed by atoms with E-state index in [1.807, 2.05) is 0 Å². The lowest BCUT2D eigenvalue weighted by atomic mass is 10.0. The minimum atomic E-state index is -1.26. The van der Waals surface area contributed by atoms with Crippen molar-refractivity contribution in [3.63, 3.8) is 0 Å². The molecule has 0 fully saturated rings. The summed E-state index contributed by atoms with van der Waals surface area (Å²) < 4.78 is 35.6. The molecule has 214 valence electrons. The molecule has 0 saturated heterocycles. The summed E-state index contributed by atoms with van der Waals surface area (Å²) in [6.45, 7) is 0.731. The molecule has 2 aromatic heterocycles. The van der Waals surface area contributed by atoms with Crippen molar-refractivity contribution in [3.05, 3.63) is 112 Å². The Kier molecular flexibility index (Phi) is 8.71. The lowest BCUT2D eigenvalue weighted by Gasteiger charge is -2.14. The molecule has 0 saturated carbocycles. The Balaban J connectivity index is 0.000000446. The Hall–Kier alpha value is -5.85. The first kappa shape index (κ1) is 29.1. The summed E-state index contributed by atoms with van der Waals surface area (Å²) in [5.74, 6) is -3.31. The molecule has 0 spiro atoms. The Bertz CT molecular complexity index is 1750. The van der Waals surface area contributed by atoms with Crippen molar-refractivity contribution >= 4 is 23.7 Å². The second kappa shape index (κ2) is 12.6. The van der Waals surface area contributed by atoms with Gasteiger partial charge in [0, 0.05) is 60.2 Å². The molecule has 1 amide bonds. The Labute approximate surface area is 236 Å². The summed E-state index contributed by atoms with van der Waals surface area (Å²) >= 11 is 0. The number of carboxylic acids is 2. The molecule has 1 aliphatic rings. The molecule has 5 rings (SSSR count). The predicted molar refractivity (Wildman–Crippen MR) is 147 cm³/mol. The van der Waals surface area contributed by atoms with Crippen LogP contribution in [0.5, 0.6) is 11.5 Å². The van der Waals surface area contributed by atoms with E-state index in [0.717, 1.165) is 24.3 Å². The minimum Gasteiger partial charge on any atom is -0.478 e. The van der Waals surface area contributed by atoms with Crippen LogP contribution in [-0.4, -0.2) is 44.2 Å². The number of anilines is 1. The van der Waals surface area contributed by atoms with Gasteiger partial charge in [-0.25, -0.2) is 23.4 Å². The van der Waals surface area contributed by atoms with Crippen molar-refractivity contribution in [2.75, 3.05) is 11.9 Å². The van der Waals surface area contributed by atoms with Gasteiger partial charge in [-0.15, -0.1) is 0 Å². The predicted octanol–water partition coefficient (Wildman–Crippen LogP) is 3.75. The molecule has 0 aliphatic carbocycles. The Morgan fingerprint density at radius 2 is 1.67 bits per heavy atom. The minimum absolute atomic E-state index is 0.0129. The highest BCUT2D eigenvalue weighted by atomic mass is 19.1. The van der Waals surface area contributed by atoms with Crippen molar-refractivity contribution in [1.29, 1.82) is 0 Å². The van der Waals surface area contributed by atoms with Crippen LogP contribution in [0.1, 0.15) is 15.9 Å². The van der Waals surface area contributed by atoms with Gasteiger partial charge in [0.1, 0.15) is 22.9 Å². The molecule has 1 aliphatic heterocycles. The van der Waals surface area contributed by atoms with E-state index < -0.39 is 34.9 Å². The second-order valence-electron chi connectivity index (χ2n) is 8.73. The first-order chi connectivity index (χ1) is 20.0. The molecule has 5 N–H and O–H groups in total. The van der Waals surface area contributed by atoms with E-state index in [4.69, 9.17) is 20.7 Å². The molecular weight excluding hydrogens is 554 g/mol. The standard InChI is InChI=1S/C25H18F2N4O3.C4H4O4/c26-15-3-1-14(2-4-15)18-12-31(13-19(23(18)32)24(28)33)16-5-6-22(20(27)11-16)34-21-8-10-30-25-17(21)7-9-29-25;5-3(6)1-2-4(7)8/h1-6,8,10-13H,7,9H2,(H2,28,33)(H,29,30);1-2H,(H,5,6)(H,7,8)/b;2-1-. The number of rotatable bonds is 7. The number of benzene rings is 2. The number of halogens is 2. The molecule has 42 heavy (non-hydrogen) atoms. The number of nitrogens with one attached hydrogen (secondary N) is 1. The lowest BCUT2D eigenvalue weighted by molar-refractivity contribution is -0.134. The number of carbonyl (C=O) groups excluding carboxylic acids is 1. The zero-order valence-electron chi connectivity index (χ0n) is 21.6. The number of aromatic nitrogens is 2. The number of nitrogens with two attached hydrogens (primary N) is 1. The zero-order chi connectivity index (χ0) is 30.4. The highest BCUT2D eigenvalue weighted by Crippen LogP contribution is 2.34. The zero-order valence-corrected chi connectivity index (χ0v) is 21.6. The molecule has 0 unspecified atom stereocenters. The maximum absolute atomic E-state index is 15.0. The van der Waals surface area contributed by atoms with Gasteiger partial charge in [-0.05, 0) is 42.3 Å². The monoisotopic (exact) mass is 576 g/mol. The topological polar surface area (TPSA) is 174 Å². The number of nitrogens with zero attached hydrogens (tertiary/aromatic N) is 2. The molecule has 4 aromatic rings. The van der Waals surface area contributed by atoms with E-state index in [1.54, 1.807) is 18.3 Å². The summed E-state index contributed by atoms with van der Waals surface area (Å²) in [5, 5.41) is 18.8. The van der Waals surface area contributed by atoms with Gasteiger partial charge in [0.25, 0.3) is 5.91 Å². The first-order valence-electron chi connectivity index (χ1n) is 12.2. The number of fused-ring (bicyclic) bond motifs is 1. The third kappa shape index (κ3) is 6.83. The van der Waals surface area contributed by atoms with Crippen molar-refractivity contribution < 1.29 is 38.1 Å². The van der Waals surface area contributed by atoms with Crippen LogP contribution in [0.4, 0.5) is 14.6 Å². The van der Waals surface area contributed by atoms with Crippen LogP contribution in [0.15, 0.2) is 84.1 Å². The van der Waals surface area contributed by atoms with E-state index in [1.165, 1.54) is 53.4 Å². The van der Waals surface area contributed by atoms with Gasteiger partial charge in [0.15, 0.2) is 11.6 Å². The van der Waals surface area contributed by atoms with E-state index in [2.05, 4.69) is 10.3 Å². The number of primary amides is 1. The van der Waals surface area contributed by atoms with Gasteiger partial charge < -0.3 is 30.6 Å². The Morgan fingerprint density at radius 3 is 2.29 bits per heavy atom. The van der Waals surface area contributed by atoms with E-state index >= 15 is 4.39 Å². The highest BCUT2D eigenvalue weighted by Gasteiger charge is 2.19. The average molecular weight is 577 g/mol. The maximum atomic E-state index is 15.0. The molecule has 2 aromatic carbocycles. The van der Waals surface area contributed by atoms with Crippen molar-refractivity contribution in [1.82, 2.24) is 9.55 Å². The number of hydrogen-bond acceptors (Lipinski definition) is 7. The van der Waals surface area contributed by atoms with Crippen LogP contribution < -0.4 is 21.2 Å². The van der Waals surface area contributed by atoms with E-state index in [-0.39, 0.29) is 16.9 Å². The number of carboxylic acid groups (broad SMARTS) is 2. The quantitative estimate of drug-likeness (QED) is 0.239. The number of ether oxygens (including phenoxy) is 1. The maximum Gasteiger partial charge on any atom is 0.328 e. The van der Waals surface area contributed by atoms with Gasteiger partial charge in [-0.3, -0.25) is 9.59 Å². The Morgan fingerprint density at radius 1 is 0.976 bits per heavy atom. The third-order valence-corrected chi connectivity index (χ3v) is 5.93. The average Bonchev–Trinajstić information content (AvgIpc) is 3.44. The molecule has 0 atom stereocenters. The van der Waals surface area contributed by atoms with Gasteiger partial charge in [-0.1, -0.05) is 12.1 Å². The third-order valence-electron chi connectivity index (χ3n) is 5.93. The fourth-order valence-corrected chi connectivity index (χ4v) is 4.00. The van der Waals surface area contributed by atoms with E-state index in [0.29, 0.717) is 29.2 Å². The van der Waals surface area contributed by atoms with Gasteiger partial charge in [-0.2, -0.15) is 0 Å². The first-order valence-corrected chi connectivity index (χ1v) is 12.2. The summed E-state index contributed by atoms with van der Waals surface area (Å²) in [7, 11) is 0. The van der Waals surface area contributed by atoms with Crippen molar-refractivity contribution in [2.24, 2.45) is 5.73 Å². The van der Waals surface area contributed by atoms with Crippen LogP contribution in [0, 0.1) is 11.6 Å². The SMILES string of the molecule is NC(=O)c1cn(-c2ccc(Oc3ccnc4c3CCN4)c(F)c2)cc(-c2ccc(F)cc2)c1=O.O=C(O)/C=C\C(=O)O. The van der Waals surface area contributed by atoms with Crippen LogP contribution in [0.3, 0.4) is 0 Å². The fourth-order valence-electron chi connectivity index (χ4n) is 4.00. The summed E-state index contributed by atoms with van der Waals surface area (Å²) in [5.41, 5.74) is 6.25. The van der Waals surface area contributed by atoms with Crippen molar-refractivity contribution in [2.45, 2.75) is 6.42 Å². The van der Waals surface area contributed by atoms with Crippen LogP contribution in [-0.2, 0) is 16.0 Å². The second-order valence-corrected chi connectivity index (χ2v) is 8.73. The lowest BCUT2D eigenvalue weighted by Crippen LogP contribution is -2.24. The van der Waals surface area contributed by atoms with Crippen LogP contribution >= 0.6 is 0 Å². The number of hydrogen-bond donors (Lipinski definition) is 4. The smallest absolute Gasteiger partial charge is 0.328 e. The number of aliphatic carboxylic acids is 2. The summed E-state index contributed by atoms with van der Waals surface area (Å²) in [6, 6.07) is 11.2. The van der Waals surface area contributed by atoms with Crippen LogP contribution in [0.25, 0.3) is 16.8 Å². The summed E-state index contributed by atoms with van der Waals surface area (Å²) in [6.07, 6.45) is 6.11. The largest absolute Gasteiger partial charge is 0.478 e. The molecule has 0 bridgehead atoms. The highest BCUT2D eigenvalue weighted by molar-refractivity contribution is 5.93. The van der Waals surface area contributed by atoms with Gasteiger partial charge in [0.2, 0.25) is 5.43 Å². The molecule has 13 heteroatoms.